The fourth-order valence-electron chi connectivity index (χ4n) is 3.80. The van der Waals surface area contributed by atoms with Crippen LogP contribution in [0.15, 0.2) is 33.7 Å². The van der Waals surface area contributed by atoms with Crippen LogP contribution in [0.4, 0.5) is 0 Å². The third-order valence-electron chi connectivity index (χ3n) is 5.97. The second-order valence-electron chi connectivity index (χ2n) is 8.12. The van der Waals surface area contributed by atoms with Gasteiger partial charge in [0, 0.05) is 37.6 Å². The van der Waals surface area contributed by atoms with Crippen LogP contribution in [-0.4, -0.2) is 65.0 Å². The lowest BCUT2D eigenvalue weighted by Crippen LogP contribution is -2.40. The van der Waals surface area contributed by atoms with E-state index in [0.29, 0.717) is 13.1 Å². The Morgan fingerprint density at radius 2 is 1.91 bits per heavy atom. The van der Waals surface area contributed by atoms with Gasteiger partial charge in [-0.05, 0) is 32.9 Å². The van der Waals surface area contributed by atoms with E-state index in [1.54, 1.807) is 0 Å². The molecule has 180 valence electrons. The van der Waals surface area contributed by atoms with E-state index in [1.165, 1.54) is 0 Å². The van der Waals surface area contributed by atoms with E-state index in [-0.39, 0.29) is 24.0 Å². The van der Waals surface area contributed by atoms with Crippen LogP contribution in [-0.2, 0) is 24.9 Å². The molecule has 3 heterocycles. The van der Waals surface area contributed by atoms with Gasteiger partial charge in [0.05, 0.1) is 19.8 Å². The summed E-state index contributed by atoms with van der Waals surface area (Å²) in [5, 5.41) is 16.4. The van der Waals surface area contributed by atoms with Gasteiger partial charge < -0.3 is 24.4 Å². The number of hydrogen-bond acceptors (Lipinski definition) is 6. The fraction of sp³-hybridized carbons (Fsp3) is 0.522. The summed E-state index contributed by atoms with van der Waals surface area (Å²) in [6.45, 7) is 10.6. The maximum atomic E-state index is 6.05. The normalized spacial score (nSPS) is 14.9. The molecule has 0 aliphatic carbocycles. The quantitative estimate of drug-likeness (QED) is 0.187. The van der Waals surface area contributed by atoms with Crippen LogP contribution in [0.2, 0.25) is 0 Å². The Hall–Kier alpha value is -2.18. The number of aryl methyl sites for hydroxylation is 2. The van der Waals surface area contributed by atoms with Crippen molar-refractivity contribution in [2.75, 3.05) is 39.4 Å². The Labute approximate surface area is 212 Å². The molecule has 1 aliphatic heterocycles. The van der Waals surface area contributed by atoms with Gasteiger partial charge in [0.15, 0.2) is 11.8 Å². The van der Waals surface area contributed by atoms with E-state index in [1.807, 2.05) is 36.7 Å². The molecule has 0 saturated carbocycles. The second kappa shape index (κ2) is 12.3. The van der Waals surface area contributed by atoms with Crippen LogP contribution in [0.5, 0.6) is 0 Å². The summed E-state index contributed by atoms with van der Waals surface area (Å²) < 4.78 is 13.4. The van der Waals surface area contributed by atoms with Crippen molar-refractivity contribution in [2.45, 2.75) is 33.4 Å². The molecule has 1 saturated heterocycles. The molecule has 0 bridgehead atoms. The predicted octanol–water partition coefficient (Wildman–Crippen LogP) is 2.75. The summed E-state index contributed by atoms with van der Waals surface area (Å²) in [6.07, 6.45) is 1.04. The SMILES string of the molecule is Cc1c(CNC(=NCc2nnc(C)n2C)NCCCN2CCOCC2)oc2ccccc12.I. The number of ether oxygens (including phenoxy) is 1. The lowest BCUT2D eigenvalue weighted by atomic mass is 10.1. The fourth-order valence-corrected chi connectivity index (χ4v) is 3.80. The summed E-state index contributed by atoms with van der Waals surface area (Å²) in [7, 11) is 1.96. The highest BCUT2D eigenvalue weighted by Crippen LogP contribution is 2.24. The Balaban J connectivity index is 0.00000306. The van der Waals surface area contributed by atoms with Crippen molar-refractivity contribution in [1.29, 1.82) is 0 Å². The minimum atomic E-state index is 0. The van der Waals surface area contributed by atoms with Gasteiger partial charge in [-0.1, -0.05) is 18.2 Å². The van der Waals surface area contributed by atoms with Crippen LogP contribution in [0.1, 0.15) is 29.4 Å². The van der Waals surface area contributed by atoms with Gasteiger partial charge in [-0.2, -0.15) is 0 Å². The summed E-state index contributed by atoms with van der Waals surface area (Å²) in [4.78, 5) is 7.19. The molecule has 1 fully saturated rings. The van der Waals surface area contributed by atoms with Crippen molar-refractivity contribution in [3.63, 3.8) is 0 Å². The number of para-hydroxylation sites is 1. The average molecular weight is 567 g/mol. The van der Waals surface area contributed by atoms with E-state index in [0.717, 1.165) is 85.7 Å². The molecule has 9 nitrogen and oxygen atoms in total. The Morgan fingerprint density at radius 3 is 2.64 bits per heavy atom. The molecule has 0 radical (unpaired) electrons. The molecule has 0 unspecified atom stereocenters. The summed E-state index contributed by atoms with van der Waals surface area (Å²) in [5.74, 6) is 3.37. The summed E-state index contributed by atoms with van der Waals surface area (Å²) in [5.41, 5.74) is 2.07. The molecule has 4 rings (SSSR count). The average Bonchev–Trinajstić information content (AvgIpc) is 3.32. The van der Waals surface area contributed by atoms with Crippen LogP contribution in [0.25, 0.3) is 11.0 Å². The van der Waals surface area contributed by atoms with Gasteiger partial charge in [-0.3, -0.25) is 4.90 Å². The third-order valence-corrected chi connectivity index (χ3v) is 5.97. The van der Waals surface area contributed by atoms with Crippen LogP contribution in [0.3, 0.4) is 0 Å². The van der Waals surface area contributed by atoms with Gasteiger partial charge in [0.1, 0.15) is 23.7 Å². The summed E-state index contributed by atoms with van der Waals surface area (Å²) >= 11 is 0. The van der Waals surface area contributed by atoms with Gasteiger partial charge in [-0.15, -0.1) is 34.2 Å². The van der Waals surface area contributed by atoms with Gasteiger partial charge in [0.25, 0.3) is 0 Å². The number of halogens is 1. The van der Waals surface area contributed by atoms with E-state index in [9.17, 15) is 0 Å². The van der Waals surface area contributed by atoms with E-state index in [2.05, 4.69) is 38.7 Å². The largest absolute Gasteiger partial charge is 0.459 e. The van der Waals surface area contributed by atoms with Crippen LogP contribution in [0, 0.1) is 13.8 Å². The van der Waals surface area contributed by atoms with Crippen molar-refractivity contribution < 1.29 is 9.15 Å². The number of aromatic nitrogens is 3. The maximum Gasteiger partial charge on any atom is 0.192 e. The van der Waals surface area contributed by atoms with E-state index in [4.69, 9.17) is 14.1 Å². The molecule has 1 aliphatic rings. The van der Waals surface area contributed by atoms with Crippen molar-refractivity contribution in [2.24, 2.45) is 12.0 Å². The zero-order chi connectivity index (χ0) is 22.3. The molecule has 3 aromatic rings. The van der Waals surface area contributed by atoms with Crippen LogP contribution >= 0.6 is 24.0 Å². The van der Waals surface area contributed by atoms with Gasteiger partial charge in [0.2, 0.25) is 0 Å². The number of morpholine rings is 1. The topological polar surface area (TPSA) is 92.7 Å². The number of fused-ring (bicyclic) bond motifs is 1. The number of aliphatic imine (C=N–C) groups is 1. The smallest absolute Gasteiger partial charge is 0.192 e. The zero-order valence-corrected chi connectivity index (χ0v) is 22.0. The van der Waals surface area contributed by atoms with E-state index < -0.39 is 0 Å². The Morgan fingerprint density at radius 1 is 1.12 bits per heavy atom. The molecule has 0 atom stereocenters. The molecule has 2 N–H and O–H groups in total. The third kappa shape index (κ3) is 6.67. The molecule has 2 aromatic heterocycles. The van der Waals surface area contributed by atoms with Gasteiger partial charge in [-0.25, -0.2) is 4.99 Å². The number of nitrogens with zero attached hydrogens (tertiary/aromatic N) is 5. The molecule has 10 heteroatoms. The highest BCUT2D eigenvalue weighted by atomic mass is 127. The van der Waals surface area contributed by atoms with Crippen LogP contribution < -0.4 is 10.6 Å². The molecule has 0 spiro atoms. The maximum absolute atomic E-state index is 6.05. The number of rotatable bonds is 8. The Kier molecular flexibility index (Phi) is 9.51. The first-order valence-electron chi connectivity index (χ1n) is 11.3. The highest BCUT2D eigenvalue weighted by Gasteiger charge is 2.12. The molecule has 1 aromatic carbocycles. The van der Waals surface area contributed by atoms with Crippen molar-refractivity contribution in [3.05, 3.63) is 47.2 Å². The Bertz CT molecular complexity index is 1060. The highest BCUT2D eigenvalue weighted by molar-refractivity contribution is 14.0. The number of furan rings is 1. The van der Waals surface area contributed by atoms with Gasteiger partial charge >= 0.3 is 0 Å². The number of nitrogens with one attached hydrogen (secondary N) is 2. The standard InChI is InChI=1S/C23H33N7O2.HI/c1-17-19-7-4-5-8-20(19)32-21(17)15-25-23(26-16-22-28-27-18(2)29(22)3)24-9-6-10-30-11-13-31-14-12-30;/h4-5,7-8H,6,9-16H2,1-3H3,(H2,24,25,26);1H. The molecular formula is C23H34IN7O2. The number of hydrogen-bond donors (Lipinski definition) is 2. The molecule has 33 heavy (non-hydrogen) atoms. The first-order chi connectivity index (χ1) is 15.6. The van der Waals surface area contributed by atoms with Crippen molar-refractivity contribution in [1.82, 2.24) is 30.3 Å². The zero-order valence-electron chi connectivity index (χ0n) is 19.6. The molecular weight excluding hydrogens is 533 g/mol. The monoisotopic (exact) mass is 567 g/mol. The minimum Gasteiger partial charge on any atom is -0.459 e. The van der Waals surface area contributed by atoms with Crippen molar-refractivity contribution in [3.8, 4) is 0 Å². The number of guanidine groups is 1. The lowest BCUT2D eigenvalue weighted by Gasteiger charge is -2.26. The number of benzene rings is 1. The van der Waals surface area contributed by atoms with E-state index >= 15 is 0 Å². The van der Waals surface area contributed by atoms with Crippen molar-refractivity contribution >= 4 is 40.9 Å². The molecule has 0 amide bonds. The first-order valence-corrected chi connectivity index (χ1v) is 11.3. The first kappa shape index (κ1) is 25.4. The second-order valence-corrected chi connectivity index (χ2v) is 8.12. The minimum absolute atomic E-state index is 0. The lowest BCUT2D eigenvalue weighted by molar-refractivity contribution is 0.0376. The summed E-state index contributed by atoms with van der Waals surface area (Å²) in [6, 6.07) is 8.12. The predicted molar refractivity (Wildman–Crippen MR) is 140 cm³/mol.